The highest BCUT2D eigenvalue weighted by atomic mass is 79.9. The first-order valence-electron chi connectivity index (χ1n) is 7.61. The van der Waals surface area contributed by atoms with Crippen molar-refractivity contribution in [1.29, 1.82) is 0 Å². The van der Waals surface area contributed by atoms with Crippen LogP contribution in [0.1, 0.15) is 23.6 Å². The van der Waals surface area contributed by atoms with Gasteiger partial charge in [-0.3, -0.25) is 4.79 Å². The number of ketones is 1. The van der Waals surface area contributed by atoms with E-state index in [0.29, 0.717) is 0 Å². The van der Waals surface area contributed by atoms with Crippen molar-refractivity contribution in [3.63, 3.8) is 0 Å². The second-order valence-electron chi connectivity index (χ2n) is 6.09. The predicted molar refractivity (Wildman–Crippen MR) is 97.4 cm³/mol. The predicted octanol–water partition coefficient (Wildman–Crippen LogP) is 5.18. The maximum Gasteiger partial charge on any atom is 0.187 e. The SMILES string of the molecule is CC1(c2ccccc2)C2=CC(Br)=CC(=O)C2=Cc2ccccc21. The molecule has 2 aromatic carbocycles. The first-order chi connectivity index (χ1) is 11.1. The zero-order chi connectivity index (χ0) is 16.0. The highest BCUT2D eigenvalue weighted by Crippen LogP contribution is 2.49. The molecule has 23 heavy (non-hydrogen) atoms. The van der Waals surface area contributed by atoms with Crippen LogP contribution in [-0.4, -0.2) is 5.78 Å². The van der Waals surface area contributed by atoms with Gasteiger partial charge < -0.3 is 0 Å². The number of halogens is 1. The number of hydrogen-bond acceptors (Lipinski definition) is 1. The topological polar surface area (TPSA) is 17.1 Å². The molecule has 0 radical (unpaired) electrons. The minimum absolute atomic E-state index is 0.0611. The van der Waals surface area contributed by atoms with Gasteiger partial charge in [-0.1, -0.05) is 70.5 Å². The molecule has 0 amide bonds. The molecule has 0 fully saturated rings. The summed E-state index contributed by atoms with van der Waals surface area (Å²) in [5, 5.41) is 0. The zero-order valence-electron chi connectivity index (χ0n) is 12.7. The van der Waals surface area contributed by atoms with Crippen molar-refractivity contribution in [3.05, 3.63) is 99.1 Å². The quantitative estimate of drug-likeness (QED) is 0.683. The summed E-state index contributed by atoms with van der Waals surface area (Å²) in [5.41, 5.74) is 5.05. The number of carbonyl (C=O) groups excluding carboxylic acids is 1. The molecule has 0 N–H and O–H groups in total. The van der Waals surface area contributed by atoms with Crippen molar-refractivity contribution in [3.8, 4) is 0 Å². The van der Waals surface area contributed by atoms with Gasteiger partial charge in [0.15, 0.2) is 5.78 Å². The summed E-state index contributed by atoms with van der Waals surface area (Å²) in [6, 6.07) is 18.7. The molecule has 112 valence electrons. The van der Waals surface area contributed by atoms with Gasteiger partial charge in [0.25, 0.3) is 0 Å². The van der Waals surface area contributed by atoms with E-state index in [2.05, 4.69) is 71.4 Å². The smallest absolute Gasteiger partial charge is 0.187 e. The Hall–Kier alpha value is -2.19. The molecular weight excluding hydrogens is 348 g/mol. The number of carbonyl (C=O) groups is 1. The highest BCUT2D eigenvalue weighted by molar-refractivity contribution is 9.11. The lowest BCUT2D eigenvalue weighted by Crippen LogP contribution is -2.33. The van der Waals surface area contributed by atoms with E-state index in [1.807, 2.05) is 18.2 Å². The minimum Gasteiger partial charge on any atom is -0.289 e. The van der Waals surface area contributed by atoms with Gasteiger partial charge in [-0.2, -0.15) is 0 Å². The van der Waals surface area contributed by atoms with Crippen LogP contribution in [-0.2, 0) is 10.2 Å². The third kappa shape index (κ3) is 2.09. The van der Waals surface area contributed by atoms with E-state index in [0.717, 1.165) is 21.2 Å². The van der Waals surface area contributed by atoms with Crippen molar-refractivity contribution in [1.82, 2.24) is 0 Å². The molecule has 2 heteroatoms. The van der Waals surface area contributed by atoms with Crippen molar-refractivity contribution in [2.24, 2.45) is 0 Å². The van der Waals surface area contributed by atoms with Crippen LogP contribution in [0.3, 0.4) is 0 Å². The minimum atomic E-state index is -0.342. The average Bonchev–Trinajstić information content (AvgIpc) is 2.57. The number of fused-ring (bicyclic) bond motifs is 2. The standard InChI is InChI=1S/C21H15BrO/c1-21(15-8-3-2-4-9-15)18-10-6-5-7-14(18)11-17-19(21)12-16(22)13-20(17)23/h2-13H,1H3. The lowest BCUT2D eigenvalue weighted by Gasteiger charge is -2.39. The van der Waals surface area contributed by atoms with Crippen LogP contribution in [0, 0.1) is 0 Å². The number of hydrogen-bond donors (Lipinski definition) is 0. The normalized spacial score (nSPS) is 22.5. The van der Waals surface area contributed by atoms with E-state index in [-0.39, 0.29) is 11.2 Å². The summed E-state index contributed by atoms with van der Waals surface area (Å²) in [6.45, 7) is 2.21. The van der Waals surface area contributed by atoms with Crippen LogP contribution in [0.15, 0.2) is 82.4 Å². The largest absolute Gasteiger partial charge is 0.289 e. The van der Waals surface area contributed by atoms with Crippen LogP contribution >= 0.6 is 15.9 Å². The van der Waals surface area contributed by atoms with Gasteiger partial charge in [0.2, 0.25) is 0 Å². The van der Waals surface area contributed by atoms with Gasteiger partial charge in [-0.15, -0.1) is 0 Å². The molecule has 0 saturated carbocycles. The molecule has 1 unspecified atom stereocenters. The molecule has 0 aliphatic heterocycles. The molecule has 0 spiro atoms. The van der Waals surface area contributed by atoms with Crippen molar-refractivity contribution in [2.45, 2.75) is 12.3 Å². The fourth-order valence-corrected chi connectivity index (χ4v) is 4.05. The second kappa shape index (κ2) is 5.17. The van der Waals surface area contributed by atoms with Crippen LogP contribution in [0.2, 0.25) is 0 Å². The third-order valence-corrected chi connectivity index (χ3v) is 5.25. The van der Waals surface area contributed by atoms with E-state index in [4.69, 9.17) is 0 Å². The summed E-state index contributed by atoms with van der Waals surface area (Å²) >= 11 is 3.49. The Morgan fingerprint density at radius 3 is 2.35 bits per heavy atom. The number of allylic oxidation sites excluding steroid dienone is 5. The molecule has 2 aliphatic rings. The summed E-state index contributed by atoms with van der Waals surface area (Å²) in [4.78, 5) is 12.6. The van der Waals surface area contributed by atoms with E-state index >= 15 is 0 Å². The van der Waals surface area contributed by atoms with Crippen LogP contribution in [0.4, 0.5) is 0 Å². The molecule has 0 heterocycles. The Bertz CT molecular complexity index is 902. The Morgan fingerprint density at radius 2 is 1.57 bits per heavy atom. The maximum absolute atomic E-state index is 12.6. The monoisotopic (exact) mass is 362 g/mol. The van der Waals surface area contributed by atoms with Gasteiger partial charge >= 0.3 is 0 Å². The van der Waals surface area contributed by atoms with E-state index in [1.165, 1.54) is 11.1 Å². The Morgan fingerprint density at radius 1 is 0.870 bits per heavy atom. The number of benzene rings is 2. The van der Waals surface area contributed by atoms with E-state index < -0.39 is 0 Å². The van der Waals surface area contributed by atoms with Crippen LogP contribution in [0.5, 0.6) is 0 Å². The van der Waals surface area contributed by atoms with Gasteiger partial charge in [0.05, 0.1) is 0 Å². The molecule has 0 bridgehead atoms. The Labute approximate surface area is 144 Å². The van der Waals surface area contributed by atoms with Gasteiger partial charge in [-0.25, -0.2) is 0 Å². The molecule has 1 nitrogen and oxygen atoms in total. The molecule has 0 aromatic heterocycles. The lowest BCUT2D eigenvalue weighted by molar-refractivity contribution is -0.111. The van der Waals surface area contributed by atoms with Crippen molar-refractivity contribution >= 4 is 27.8 Å². The molecule has 2 aromatic rings. The summed E-state index contributed by atoms with van der Waals surface area (Å²) in [6.07, 6.45) is 5.75. The first kappa shape index (κ1) is 14.4. The summed E-state index contributed by atoms with van der Waals surface area (Å²) < 4.78 is 0.830. The van der Waals surface area contributed by atoms with Gasteiger partial charge in [-0.05, 0) is 41.3 Å². The highest BCUT2D eigenvalue weighted by Gasteiger charge is 2.41. The summed E-state index contributed by atoms with van der Waals surface area (Å²) in [7, 11) is 0. The molecular formula is C21H15BrO. The van der Waals surface area contributed by atoms with Gasteiger partial charge in [0.1, 0.15) is 0 Å². The summed E-state index contributed by atoms with van der Waals surface area (Å²) in [5.74, 6) is 0.0611. The van der Waals surface area contributed by atoms with Crippen molar-refractivity contribution in [2.75, 3.05) is 0 Å². The van der Waals surface area contributed by atoms with E-state index in [9.17, 15) is 4.79 Å². The van der Waals surface area contributed by atoms with E-state index in [1.54, 1.807) is 6.08 Å². The van der Waals surface area contributed by atoms with Crippen molar-refractivity contribution < 1.29 is 4.79 Å². The fourth-order valence-electron chi connectivity index (χ4n) is 3.62. The molecule has 2 aliphatic carbocycles. The zero-order valence-corrected chi connectivity index (χ0v) is 14.3. The average molecular weight is 363 g/mol. The first-order valence-corrected chi connectivity index (χ1v) is 8.41. The number of rotatable bonds is 1. The Kier molecular flexibility index (Phi) is 3.24. The third-order valence-electron chi connectivity index (χ3n) is 4.80. The second-order valence-corrected chi connectivity index (χ2v) is 7.00. The maximum atomic E-state index is 12.6. The van der Waals surface area contributed by atoms with Gasteiger partial charge in [0, 0.05) is 21.5 Å². The van der Waals surface area contributed by atoms with Crippen LogP contribution < -0.4 is 0 Å². The molecule has 1 atom stereocenters. The lowest BCUT2D eigenvalue weighted by atomic mass is 9.63. The fraction of sp³-hybridized carbons (Fsp3) is 0.0952. The molecule has 0 saturated heterocycles. The Balaban J connectivity index is 2.08. The van der Waals surface area contributed by atoms with Crippen LogP contribution in [0.25, 0.3) is 6.08 Å². The molecule has 4 rings (SSSR count).